The van der Waals surface area contributed by atoms with E-state index in [1.54, 1.807) is 12.1 Å². The van der Waals surface area contributed by atoms with Crippen LogP contribution in [0.2, 0.25) is 10.0 Å². The first-order valence-electron chi connectivity index (χ1n) is 7.49. The van der Waals surface area contributed by atoms with E-state index < -0.39 is 5.60 Å². The fourth-order valence-electron chi connectivity index (χ4n) is 2.95. The van der Waals surface area contributed by atoms with Crippen molar-refractivity contribution in [2.24, 2.45) is 0 Å². The second-order valence-corrected chi connectivity index (χ2v) is 6.82. The molecule has 1 aliphatic carbocycles. The van der Waals surface area contributed by atoms with Crippen molar-refractivity contribution in [1.29, 1.82) is 0 Å². The summed E-state index contributed by atoms with van der Waals surface area (Å²) in [5, 5.41) is 14.3. The van der Waals surface area contributed by atoms with Crippen LogP contribution in [0, 0.1) is 0 Å². The van der Waals surface area contributed by atoms with Crippen molar-refractivity contribution in [2.75, 3.05) is 6.54 Å². The van der Waals surface area contributed by atoms with Gasteiger partial charge in [0.2, 0.25) is 0 Å². The normalized spacial score (nSPS) is 20.0. The number of amides is 1. The summed E-state index contributed by atoms with van der Waals surface area (Å²) >= 11 is 11.9. The lowest BCUT2D eigenvalue weighted by molar-refractivity contribution is 0.0260. The molecule has 0 aliphatic heterocycles. The topological polar surface area (TPSA) is 49.3 Å². The summed E-state index contributed by atoms with van der Waals surface area (Å²) in [6, 6.07) is 12.8. The van der Waals surface area contributed by atoms with Gasteiger partial charge in [-0.1, -0.05) is 47.5 Å². The van der Waals surface area contributed by atoms with Gasteiger partial charge in [0, 0.05) is 18.0 Å². The number of fused-ring (bicyclic) bond motifs is 1. The Morgan fingerprint density at radius 2 is 1.91 bits per heavy atom. The highest BCUT2D eigenvalue weighted by atomic mass is 35.5. The molecule has 23 heavy (non-hydrogen) atoms. The number of hydrogen-bond acceptors (Lipinski definition) is 2. The Labute approximate surface area is 145 Å². The minimum absolute atomic E-state index is 0.184. The first-order valence-corrected chi connectivity index (χ1v) is 8.25. The fourth-order valence-corrected chi connectivity index (χ4v) is 3.32. The number of benzene rings is 2. The second kappa shape index (κ2) is 6.52. The molecule has 1 amide bonds. The van der Waals surface area contributed by atoms with E-state index in [1.165, 1.54) is 11.6 Å². The maximum Gasteiger partial charge on any atom is 0.252 e. The zero-order valence-electron chi connectivity index (χ0n) is 12.5. The van der Waals surface area contributed by atoms with Crippen molar-refractivity contribution < 1.29 is 9.90 Å². The first-order chi connectivity index (χ1) is 11.0. The molecule has 2 N–H and O–H groups in total. The molecule has 0 saturated heterocycles. The van der Waals surface area contributed by atoms with E-state index in [0.717, 1.165) is 12.0 Å². The van der Waals surface area contributed by atoms with Gasteiger partial charge >= 0.3 is 0 Å². The van der Waals surface area contributed by atoms with Gasteiger partial charge in [-0.2, -0.15) is 0 Å². The van der Waals surface area contributed by atoms with Crippen LogP contribution in [0.3, 0.4) is 0 Å². The third kappa shape index (κ3) is 3.69. The summed E-state index contributed by atoms with van der Waals surface area (Å²) < 4.78 is 0. The minimum atomic E-state index is -0.935. The smallest absolute Gasteiger partial charge is 0.252 e. The average molecular weight is 350 g/mol. The van der Waals surface area contributed by atoms with Crippen LogP contribution in [0.1, 0.15) is 27.9 Å². The number of carbonyl (C=O) groups excluding carboxylic acids is 1. The maximum atomic E-state index is 12.3. The predicted molar refractivity (Wildman–Crippen MR) is 92.2 cm³/mol. The van der Waals surface area contributed by atoms with Crippen molar-refractivity contribution in [3.8, 4) is 0 Å². The summed E-state index contributed by atoms with van der Waals surface area (Å²) in [7, 11) is 0. The maximum absolute atomic E-state index is 12.3. The summed E-state index contributed by atoms with van der Waals surface area (Å²) in [6.45, 7) is 0.184. The van der Waals surface area contributed by atoms with E-state index in [9.17, 15) is 9.90 Å². The zero-order chi connectivity index (χ0) is 16.4. The Morgan fingerprint density at radius 1 is 1.17 bits per heavy atom. The highest BCUT2D eigenvalue weighted by Crippen LogP contribution is 2.28. The number of hydrogen-bond donors (Lipinski definition) is 2. The van der Waals surface area contributed by atoms with Crippen molar-refractivity contribution in [3.05, 3.63) is 69.2 Å². The monoisotopic (exact) mass is 349 g/mol. The summed E-state index contributed by atoms with van der Waals surface area (Å²) in [6.07, 6.45) is 1.96. The van der Waals surface area contributed by atoms with Crippen LogP contribution in [-0.2, 0) is 12.8 Å². The van der Waals surface area contributed by atoms with Crippen LogP contribution in [0.25, 0.3) is 0 Å². The molecule has 0 aromatic heterocycles. The number of nitrogens with one attached hydrogen (secondary N) is 1. The highest BCUT2D eigenvalue weighted by Gasteiger charge is 2.32. The van der Waals surface area contributed by atoms with Crippen LogP contribution < -0.4 is 5.32 Å². The Bertz CT molecular complexity index is 748. The minimum Gasteiger partial charge on any atom is -0.388 e. The molecule has 0 spiro atoms. The van der Waals surface area contributed by atoms with Crippen molar-refractivity contribution in [2.45, 2.75) is 24.9 Å². The van der Waals surface area contributed by atoms with E-state index in [1.807, 2.05) is 18.2 Å². The van der Waals surface area contributed by atoms with Gasteiger partial charge in [0.25, 0.3) is 5.91 Å². The lowest BCUT2D eigenvalue weighted by atomic mass is 9.80. The Kier molecular flexibility index (Phi) is 4.62. The summed E-state index contributed by atoms with van der Waals surface area (Å²) in [5.74, 6) is -0.329. The Morgan fingerprint density at radius 3 is 2.70 bits per heavy atom. The van der Waals surface area contributed by atoms with Crippen LogP contribution >= 0.6 is 23.2 Å². The van der Waals surface area contributed by atoms with Crippen LogP contribution in [0.4, 0.5) is 0 Å². The number of carbonyl (C=O) groups is 1. The number of aliphatic hydroxyl groups is 1. The quantitative estimate of drug-likeness (QED) is 0.888. The van der Waals surface area contributed by atoms with Crippen LogP contribution in [0.15, 0.2) is 42.5 Å². The lowest BCUT2D eigenvalue weighted by Gasteiger charge is -2.33. The van der Waals surface area contributed by atoms with E-state index in [-0.39, 0.29) is 12.5 Å². The number of halogens is 2. The molecule has 2 aromatic rings. The van der Waals surface area contributed by atoms with Gasteiger partial charge in [-0.15, -0.1) is 0 Å². The van der Waals surface area contributed by atoms with E-state index in [4.69, 9.17) is 23.2 Å². The second-order valence-electron chi connectivity index (χ2n) is 5.98. The molecular formula is C18H17Cl2NO2. The van der Waals surface area contributed by atoms with Gasteiger partial charge in [-0.3, -0.25) is 4.79 Å². The molecule has 0 saturated carbocycles. The van der Waals surface area contributed by atoms with E-state index in [0.29, 0.717) is 28.5 Å². The molecule has 0 heterocycles. The summed E-state index contributed by atoms with van der Waals surface area (Å²) in [5.41, 5.74) is 1.78. The Balaban J connectivity index is 1.68. The number of rotatable bonds is 3. The van der Waals surface area contributed by atoms with Crippen LogP contribution in [0.5, 0.6) is 0 Å². The molecular weight excluding hydrogens is 333 g/mol. The lowest BCUT2D eigenvalue weighted by Crippen LogP contribution is -2.46. The third-order valence-corrected chi connectivity index (χ3v) is 4.81. The van der Waals surface area contributed by atoms with Crippen molar-refractivity contribution in [1.82, 2.24) is 5.32 Å². The third-order valence-electron chi connectivity index (χ3n) is 4.25. The standard InChI is InChI=1S/C18H17Cl2NO2/c19-14-5-6-16(20)15(9-14)17(22)21-11-18(23)8-7-12-3-1-2-4-13(12)10-18/h1-6,9,23H,7-8,10-11H2,(H,21,22). The van der Waals surface area contributed by atoms with Crippen molar-refractivity contribution in [3.63, 3.8) is 0 Å². The molecule has 5 heteroatoms. The molecule has 120 valence electrons. The van der Waals surface area contributed by atoms with Crippen LogP contribution in [-0.4, -0.2) is 23.2 Å². The zero-order valence-corrected chi connectivity index (χ0v) is 14.0. The molecule has 0 fully saturated rings. The fraction of sp³-hybridized carbons (Fsp3) is 0.278. The Hall–Kier alpha value is -1.55. The molecule has 1 atom stereocenters. The highest BCUT2D eigenvalue weighted by molar-refractivity contribution is 6.35. The number of aryl methyl sites for hydroxylation is 1. The largest absolute Gasteiger partial charge is 0.388 e. The molecule has 1 aliphatic rings. The van der Waals surface area contributed by atoms with Gasteiger partial charge in [0.1, 0.15) is 0 Å². The molecule has 1 unspecified atom stereocenters. The van der Waals surface area contributed by atoms with E-state index >= 15 is 0 Å². The molecule has 3 nitrogen and oxygen atoms in total. The molecule has 0 radical (unpaired) electrons. The van der Waals surface area contributed by atoms with Gasteiger partial charge in [-0.05, 0) is 42.2 Å². The van der Waals surface area contributed by atoms with Crippen molar-refractivity contribution >= 4 is 29.1 Å². The van der Waals surface area contributed by atoms with Gasteiger partial charge in [0.15, 0.2) is 0 Å². The SMILES string of the molecule is O=C(NCC1(O)CCc2ccccc2C1)c1cc(Cl)ccc1Cl. The first kappa shape index (κ1) is 16.3. The van der Waals surface area contributed by atoms with Gasteiger partial charge < -0.3 is 10.4 Å². The molecule has 3 rings (SSSR count). The van der Waals surface area contributed by atoms with Gasteiger partial charge in [-0.25, -0.2) is 0 Å². The predicted octanol–water partition coefficient (Wildman–Crippen LogP) is 3.64. The van der Waals surface area contributed by atoms with E-state index in [2.05, 4.69) is 11.4 Å². The average Bonchev–Trinajstić information content (AvgIpc) is 2.55. The van der Waals surface area contributed by atoms with Gasteiger partial charge in [0.05, 0.1) is 16.2 Å². The molecule has 0 bridgehead atoms. The summed E-state index contributed by atoms with van der Waals surface area (Å²) in [4.78, 5) is 12.3. The molecule has 2 aromatic carbocycles.